The Balaban J connectivity index is 2.47. The summed E-state index contributed by atoms with van der Waals surface area (Å²) in [5, 5.41) is 9.10. The van der Waals surface area contributed by atoms with Crippen molar-refractivity contribution in [1.82, 2.24) is 0 Å². The maximum atomic E-state index is 11.2. The number of ether oxygens (including phenoxy) is 1. The van der Waals surface area contributed by atoms with Crippen LogP contribution >= 0.6 is 0 Å². The van der Waals surface area contributed by atoms with Crippen molar-refractivity contribution in [3.05, 3.63) is 48.1 Å². The lowest BCUT2D eigenvalue weighted by molar-refractivity contribution is -0.138. The molecule has 0 unspecified atom stereocenters. The smallest absolute Gasteiger partial charge is 0.333 e. The Labute approximate surface area is 101 Å². The van der Waals surface area contributed by atoms with Crippen molar-refractivity contribution in [3.63, 3.8) is 0 Å². The van der Waals surface area contributed by atoms with Gasteiger partial charge >= 0.3 is 5.97 Å². The minimum absolute atomic E-state index is 0.234. The molecule has 0 bridgehead atoms. The van der Waals surface area contributed by atoms with Gasteiger partial charge in [-0.1, -0.05) is 30.9 Å². The number of aromatic hydroxyl groups is 1. The van der Waals surface area contributed by atoms with Crippen LogP contribution in [0.4, 0.5) is 0 Å². The van der Waals surface area contributed by atoms with Gasteiger partial charge in [-0.2, -0.15) is 0 Å². The fourth-order valence-electron chi connectivity index (χ4n) is 1.24. The highest BCUT2D eigenvalue weighted by molar-refractivity contribution is 5.88. The lowest BCUT2D eigenvalue weighted by Crippen LogP contribution is -2.05. The minimum atomic E-state index is -0.358. The maximum Gasteiger partial charge on any atom is 0.333 e. The third-order valence-corrected chi connectivity index (χ3v) is 2.13. The summed E-state index contributed by atoms with van der Waals surface area (Å²) in [7, 11) is 0. The van der Waals surface area contributed by atoms with Crippen molar-refractivity contribution in [1.29, 1.82) is 0 Å². The zero-order valence-corrected chi connectivity index (χ0v) is 9.85. The van der Waals surface area contributed by atoms with Gasteiger partial charge < -0.3 is 9.84 Å². The number of phenolic OH excluding ortho intramolecular Hbond substituents is 1. The Morgan fingerprint density at radius 1 is 1.41 bits per heavy atom. The van der Waals surface area contributed by atoms with Crippen LogP contribution in [0, 0.1) is 0 Å². The fourth-order valence-corrected chi connectivity index (χ4v) is 1.24. The van der Waals surface area contributed by atoms with E-state index in [2.05, 4.69) is 6.58 Å². The van der Waals surface area contributed by atoms with Gasteiger partial charge in [0.15, 0.2) is 0 Å². The van der Waals surface area contributed by atoms with Crippen LogP contribution in [0.1, 0.15) is 18.9 Å². The Morgan fingerprint density at radius 2 is 2.06 bits per heavy atom. The molecule has 0 atom stereocenters. The molecule has 3 heteroatoms. The maximum absolute atomic E-state index is 11.2. The molecule has 0 aliphatic heterocycles. The predicted octanol–water partition coefficient (Wildman–Crippen LogP) is 2.91. The summed E-state index contributed by atoms with van der Waals surface area (Å²) in [6, 6.07) is 6.80. The molecule has 0 aliphatic carbocycles. The summed E-state index contributed by atoms with van der Waals surface area (Å²) in [5.41, 5.74) is 1.39. The first-order chi connectivity index (χ1) is 8.13. The van der Waals surface area contributed by atoms with E-state index in [0.717, 1.165) is 5.56 Å². The second-order valence-electron chi connectivity index (χ2n) is 3.52. The zero-order valence-electron chi connectivity index (χ0n) is 9.85. The number of carbonyl (C=O) groups excluding carboxylic acids is 1. The Bertz CT molecular complexity index is 416. The second kappa shape index (κ2) is 6.53. The van der Waals surface area contributed by atoms with E-state index in [1.807, 2.05) is 12.2 Å². The van der Waals surface area contributed by atoms with Gasteiger partial charge in [-0.05, 0) is 31.0 Å². The molecular weight excluding hydrogens is 216 g/mol. The molecule has 3 nitrogen and oxygen atoms in total. The molecule has 1 aromatic carbocycles. The normalized spacial score (nSPS) is 10.4. The van der Waals surface area contributed by atoms with Gasteiger partial charge in [0, 0.05) is 5.57 Å². The number of hydrogen-bond donors (Lipinski definition) is 1. The largest absolute Gasteiger partial charge is 0.508 e. The highest BCUT2D eigenvalue weighted by Gasteiger charge is 2.04. The summed E-state index contributed by atoms with van der Waals surface area (Å²) < 4.78 is 4.82. The Morgan fingerprint density at radius 3 is 2.65 bits per heavy atom. The summed E-state index contributed by atoms with van der Waals surface area (Å²) >= 11 is 0. The molecule has 0 spiro atoms. The van der Waals surface area contributed by atoms with Crippen LogP contribution in [0.3, 0.4) is 0 Å². The molecule has 0 heterocycles. The minimum Gasteiger partial charge on any atom is -0.508 e. The molecule has 90 valence electrons. The van der Waals surface area contributed by atoms with E-state index in [0.29, 0.717) is 18.6 Å². The van der Waals surface area contributed by atoms with E-state index in [9.17, 15) is 4.79 Å². The number of benzene rings is 1. The standard InChI is InChI=1S/C14H16O3/c1-3-17-14(16)11(2)5-4-6-12-7-9-13(15)10-8-12/h4,6-10,15H,2-3,5H2,1H3. The van der Waals surface area contributed by atoms with Crippen molar-refractivity contribution < 1.29 is 14.6 Å². The van der Waals surface area contributed by atoms with Gasteiger partial charge in [0.2, 0.25) is 0 Å². The lowest BCUT2D eigenvalue weighted by atomic mass is 10.1. The van der Waals surface area contributed by atoms with Crippen LogP contribution < -0.4 is 0 Å². The van der Waals surface area contributed by atoms with E-state index in [1.165, 1.54) is 0 Å². The van der Waals surface area contributed by atoms with Crippen molar-refractivity contribution >= 4 is 12.0 Å². The van der Waals surface area contributed by atoms with Gasteiger partial charge in [-0.3, -0.25) is 0 Å². The first-order valence-electron chi connectivity index (χ1n) is 5.44. The molecule has 0 saturated heterocycles. The molecular formula is C14H16O3. The second-order valence-corrected chi connectivity index (χ2v) is 3.52. The first-order valence-corrected chi connectivity index (χ1v) is 5.44. The van der Waals surface area contributed by atoms with Crippen molar-refractivity contribution in [3.8, 4) is 5.75 Å². The molecule has 1 aromatic rings. The summed E-state index contributed by atoms with van der Waals surface area (Å²) in [6.07, 6.45) is 4.16. The molecule has 0 aromatic heterocycles. The van der Waals surface area contributed by atoms with Crippen LogP contribution in [-0.4, -0.2) is 17.7 Å². The number of allylic oxidation sites excluding steroid dienone is 1. The summed E-state index contributed by atoms with van der Waals surface area (Å²) in [6.45, 7) is 5.77. The average molecular weight is 232 g/mol. The highest BCUT2D eigenvalue weighted by Crippen LogP contribution is 2.12. The number of esters is 1. The Hall–Kier alpha value is -2.03. The third kappa shape index (κ3) is 4.55. The van der Waals surface area contributed by atoms with Crippen molar-refractivity contribution in [2.75, 3.05) is 6.61 Å². The average Bonchev–Trinajstić information content (AvgIpc) is 2.32. The zero-order chi connectivity index (χ0) is 12.7. The topological polar surface area (TPSA) is 46.5 Å². The molecule has 17 heavy (non-hydrogen) atoms. The number of rotatable bonds is 5. The van der Waals surface area contributed by atoms with E-state index >= 15 is 0 Å². The quantitative estimate of drug-likeness (QED) is 0.627. The van der Waals surface area contributed by atoms with Gasteiger partial charge in [0.05, 0.1) is 6.61 Å². The van der Waals surface area contributed by atoms with E-state index in [4.69, 9.17) is 9.84 Å². The van der Waals surface area contributed by atoms with Gasteiger partial charge in [0.1, 0.15) is 5.75 Å². The number of phenols is 1. The molecule has 0 radical (unpaired) electrons. The third-order valence-electron chi connectivity index (χ3n) is 2.13. The van der Waals surface area contributed by atoms with E-state index in [-0.39, 0.29) is 11.7 Å². The molecule has 0 fully saturated rings. The van der Waals surface area contributed by atoms with Crippen molar-refractivity contribution in [2.45, 2.75) is 13.3 Å². The van der Waals surface area contributed by atoms with Gasteiger partial charge in [-0.25, -0.2) is 4.79 Å². The molecule has 0 saturated carbocycles. The fraction of sp³-hybridized carbons (Fsp3) is 0.214. The van der Waals surface area contributed by atoms with E-state index < -0.39 is 0 Å². The summed E-state index contributed by atoms with van der Waals surface area (Å²) in [4.78, 5) is 11.2. The van der Waals surface area contributed by atoms with Crippen LogP contribution in [0.25, 0.3) is 6.08 Å². The van der Waals surface area contributed by atoms with Crippen LogP contribution in [0.15, 0.2) is 42.5 Å². The monoisotopic (exact) mass is 232 g/mol. The van der Waals surface area contributed by atoms with Crippen molar-refractivity contribution in [2.24, 2.45) is 0 Å². The van der Waals surface area contributed by atoms with Gasteiger partial charge in [-0.15, -0.1) is 0 Å². The van der Waals surface area contributed by atoms with Gasteiger partial charge in [0.25, 0.3) is 0 Å². The molecule has 1 rings (SSSR count). The molecule has 1 N–H and O–H groups in total. The Kier molecular flexibility index (Phi) is 5.01. The first kappa shape index (κ1) is 13.0. The van der Waals surface area contributed by atoms with Crippen LogP contribution in [0.5, 0.6) is 5.75 Å². The molecule has 0 aliphatic rings. The number of carbonyl (C=O) groups is 1. The SMILES string of the molecule is C=C(CC=Cc1ccc(O)cc1)C(=O)OCC. The molecule has 0 amide bonds. The van der Waals surface area contributed by atoms with E-state index in [1.54, 1.807) is 31.2 Å². The van der Waals surface area contributed by atoms with Crippen LogP contribution in [-0.2, 0) is 9.53 Å². The van der Waals surface area contributed by atoms with Crippen LogP contribution in [0.2, 0.25) is 0 Å². The summed E-state index contributed by atoms with van der Waals surface area (Å²) in [5.74, 6) is -0.124. The predicted molar refractivity (Wildman–Crippen MR) is 67.5 cm³/mol. The lowest BCUT2D eigenvalue weighted by Gasteiger charge is -2.01. The number of hydrogen-bond acceptors (Lipinski definition) is 3. The highest BCUT2D eigenvalue weighted by atomic mass is 16.5.